The van der Waals surface area contributed by atoms with E-state index in [4.69, 9.17) is 0 Å². The van der Waals surface area contributed by atoms with Crippen molar-refractivity contribution in [2.24, 2.45) is 0 Å². The normalized spacial score (nSPS) is 10.4. The van der Waals surface area contributed by atoms with Gasteiger partial charge >= 0.3 is 5.97 Å². The van der Waals surface area contributed by atoms with Crippen molar-refractivity contribution in [3.8, 4) is 5.75 Å². The number of nitrogens with zero attached hydrogens (tertiary/aromatic N) is 3. The smallest absolute Gasteiger partial charge is 0.339 e. The minimum absolute atomic E-state index is 0.0914. The molecule has 2 aromatic rings. The molecule has 6 heteroatoms. The zero-order valence-corrected chi connectivity index (χ0v) is 11.9. The van der Waals surface area contributed by atoms with Crippen LogP contribution in [-0.2, 0) is 6.54 Å². The highest BCUT2D eigenvalue weighted by molar-refractivity contribution is 5.88. The SMILES string of the molecule is CCN(Cc1ncncc1C(=O)O)c1cc(O)ccc1C. The first-order valence-electron chi connectivity index (χ1n) is 6.59. The number of hydrogen-bond donors (Lipinski definition) is 2. The van der Waals surface area contributed by atoms with Gasteiger partial charge in [0.15, 0.2) is 0 Å². The molecule has 0 aliphatic heterocycles. The predicted molar refractivity (Wildman–Crippen MR) is 78.6 cm³/mol. The van der Waals surface area contributed by atoms with Crippen LogP contribution in [0.3, 0.4) is 0 Å². The van der Waals surface area contributed by atoms with E-state index in [9.17, 15) is 15.0 Å². The van der Waals surface area contributed by atoms with Crippen molar-refractivity contribution in [1.82, 2.24) is 9.97 Å². The van der Waals surface area contributed by atoms with E-state index >= 15 is 0 Å². The number of aromatic nitrogens is 2. The Balaban J connectivity index is 2.36. The molecule has 0 spiro atoms. The van der Waals surface area contributed by atoms with Crippen molar-refractivity contribution in [3.63, 3.8) is 0 Å². The summed E-state index contributed by atoms with van der Waals surface area (Å²) in [7, 11) is 0. The van der Waals surface area contributed by atoms with Gasteiger partial charge in [0.25, 0.3) is 0 Å². The average Bonchev–Trinajstić information content (AvgIpc) is 2.47. The quantitative estimate of drug-likeness (QED) is 0.876. The van der Waals surface area contributed by atoms with E-state index in [2.05, 4.69) is 9.97 Å². The first kappa shape index (κ1) is 14.8. The number of carbonyl (C=O) groups is 1. The second-order valence-corrected chi connectivity index (χ2v) is 4.67. The predicted octanol–water partition coefficient (Wildman–Crippen LogP) is 2.22. The number of anilines is 1. The van der Waals surface area contributed by atoms with Gasteiger partial charge in [-0.2, -0.15) is 0 Å². The second kappa shape index (κ2) is 6.21. The third-order valence-electron chi connectivity index (χ3n) is 3.28. The van der Waals surface area contributed by atoms with Gasteiger partial charge in [0, 0.05) is 24.5 Å². The molecule has 0 bridgehead atoms. The van der Waals surface area contributed by atoms with E-state index in [0.29, 0.717) is 18.8 Å². The van der Waals surface area contributed by atoms with Crippen molar-refractivity contribution in [2.45, 2.75) is 20.4 Å². The molecule has 21 heavy (non-hydrogen) atoms. The third-order valence-corrected chi connectivity index (χ3v) is 3.28. The van der Waals surface area contributed by atoms with Crippen LogP contribution in [0, 0.1) is 6.92 Å². The summed E-state index contributed by atoms with van der Waals surface area (Å²) >= 11 is 0. The Hall–Kier alpha value is -2.63. The lowest BCUT2D eigenvalue weighted by Crippen LogP contribution is -2.25. The molecule has 0 atom stereocenters. The summed E-state index contributed by atoms with van der Waals surface area (Å²) in [5, 5.41) is 18.8. The molecule has 0 unspecified atom stereocenters. The van der Waals surface area contributed by atoms with E-state index in [-0.39, 0.29) is 11.3 Å². The van der Waals surface area contributed by atoms with Crippen molar-refractivity contribution in [2.75, 3.05) is 11.4 Å². The number of hydrogen-bond acceptors (Lipinski definition) is 5. The van der Waals surface area contributed by atoms with Gasteiger partial charge in [-0.15, -0.1) is 0 Å². The Labute approximate surface area is 122 Å². The largest absolute Gasteiger partial charge is 0.508 e. The van der Waals surface area contributed by atoms with Crippen LogP contribution in [0.5, 0.6) is 5.75 Å². The molecule has 1 aromatic carbocycles. The van der Waals surface area contributed by atoms with Crippen LogP contribution >= 0.6 is 0 Å². The van der Waals surface area contributed by atoms with Crippen LogP contribution in [0.15, 0.2) is 30.7 Å². The summed E-state index contributed by atoms with van der Waals surface area (Å²) in [4.78, 5) is 21.0. The minimum atomic E-state index is -1.05. The van der Waals surface area contributed by atoms with E-state index < -0.39 is 5.97 Å². The zero-order chi connectivity index (χ0) is 15.4. The second-order valence-electron chi connectivity index (χ2n) is 4.67. The molecule has 0 aliphatic carbocycles. The summed E-state index contributed by atoms with van der Waals surface area (Å²) in [5.74, 6) is -0.871. The highest BCUT2D eigenvalue weighted by Crippen LogP contribution is 2.26. The van der Waals surface area contributed by atoms with Gasteiger partial charge in [0.1, 0.15) is 17.6 Å². The molecular formula is C15H17N3O3. The molecule has 110 valence electrons. The molecule has 2 N–H and O–H groups in total. The summed E-state index contributed by atoms with van der Waals surface area (Å²) in [5.41, 5.74) is 2.39. The molecule has 0 radical (unpaired) electrons. The van der Waals surface area contributed by atoms with E-state index in [1.165, 1.54) is 12.5 Å². The van der Waals surface area contributed by atoms with Gasteiger partial charge in [0.05, 0.1) is 12.2 Å². The number of phenols is 1. The monoisotopic (exact) mass is 287 g/mol. The van der Waals surface area contributed by atoms with Crippen LogP contribution in [0.2, 0.25) is 0 Å². The fourth-order valence-electron chi connectivity index (χ4n) is 2.15. The Bertz CT molecular complexity index is 658. The van der Waals surface area contributed by atoms with Crippen molar-refractivity contribution < 1.29 is 15.0 Å². The maximum Gasteiger partial charge on any atom is 0.339 e. The fraction of sp³-hybridized carbons (Fsp3) is 0.267. The van der Waals surface area contributed by atoms with E-state index in [0.717, 1.165) is 11.3 Å². The first-order chi connectivity index (χ1) is 10.0. The summed E-state index contributed by atoms with van der Waals surface area (Å²) in [6, 6.07) is 5.12. The first-order valence-corrected chi connectivity index (χ1v) is 6.59. The number of phenolic OH excluding ortho intramolecular Hbond substituents is 1. The lowest BCUT2D eigenvalue weighted by molar-refractivity contribution is 0.0694. The standard InChI is InChI=1S/C15H17N3O3/c1-3-18(14-6-11(19)5-4-10(14)2)8-13-12(15(20)21)7-16-9-17-13/h4-7,9,19H,3,8H2,1-2H3,(H,20,21). The number of aromatic hydroxyl groups is 1. The number of aryl methyl sites for hydroxylation is 1. The lowest BCUT2D eigenvalue weighted by atomic mass is 10.1. The molecule has 0 saturated carbocycles. The van der Waals surface area contributed by atoms with Gasteiger partial charge in [-0.3, -0.25) is 0 Å². The highest BCUT2D eigenvalue weighted by atomic mass is 16.4. The topological polar surface area (TPSA) is 86.6 Å². The van der Waals surface area contributed by atoms with Crippen LogP contribution in [0.1, 0.15) is 28.5 Å². The van der Waals surface area contributed by atoms with Crippen molar-refractivity contribution >= 4 is 11.7 Å². The maximum atomic E-state index is 11.2. The fourth-order valence-corrected chi connectivity index (χ4v) is 2.15. The summed E-state index contributed by atoms with van der Waals surface area (Å²) in [6.45, 7) is 4.90. The Morgan fingerprint density at radius 2 is 2.14 bits per heavy atom. The van der Waals surface area contributed by atoms with E-state index in [1.807, 2.05) is 24.8 Å². The van der Waals surface area contributed by atoms with Crippen molar-refractivity contribution in [3.05, 3.63) is 47.5 Å². The Morgan fingerprint density at radius 1 is 1.38 bits per heavy atom. The summed E-state index contributed by atoms with van der Waals surface area (Å²) < 4.78 is 0. The number of benzene rings is 1. The summed E-state index contributed by atoms with van der Waals surface area (Å²) in [6.07, 6.45) is 2.64. The highest BCUT2D eigenvalue weighted by Gasteiger charge is 2.16. The van der Waals surface area contributed by atoms with Gasteiger partial charge < -0.3 is 15.1 Å². The van der Waals surface area contributed by atoms with Crippen LogP contribution in [-0.4, -0.2) is 32.7 Å². The molecule has 1 aromatic heterocycles. The molecule has 0 amide bonds. The van der Waals surface area contributed by atoms with Crippen LogP contribution in [0.4, 0.5) is 5.69 Å². The van der Waals surface area contributed by atoms with Gasteiger partial charge in [-0.1, -0.05) is 6.07 Å². The van der Waals surface area contributed by atoms with Gasteiger partial charge in [-0.05, 0) is 25.5 Å². The van der Waals surface area contributed by atoms with Crippen LogP contribution < -0.4 is 4.90 Å². The zero-order valence-electron chi connectivity index (χ0n) is 11.9. The van der Waals surface area contributed by atoms with Gasteiger partial charge in [0.2, 0.25) is 0 Å². The Morgan fingerprint density at radius 3 is 2.81 bits per heavy atom. The third kappa shape index (κ3) is 3.28. The van der Waals surface area contributed by atoms with Crippen LogP contribution in [0.25, 0.3) is 0 Å². The molecule has 2 rings (SSSR count). The number of carboxylic acid groups (broad SMARTS) is 1. The molecule has 6 nitrogen and oxygen atoms in total. The molecular weight excluding hydrogens is 270 g/mol. The Kier molecular flexibility index (Phi) is 4.37. The van der Waals surface area contributed by atoms with E-state index in [1.54, 1.807) is 12.1 Å². The number of carboxylic acids is 1. The molecule has 0 fully saturated rings. The molecule has 0 aliphatic rings. The number of aromatic carboxylic acids is 1. The van der Waals surface area contributed by atoms with Crippen molar-refractivity contribution in [1.29, 1.82) is 0 Å². The lowest BCUT2D eigenvalue weighted by Gasteiger charge is -2.25. The average molecular weight is 287 g/mol. The minimum Gasteiger partial charge on any atom is -0.508 e. The molecule has 1 heterocycles. The molecule has 0 saturated heterocycles. The van der Waals surface area contributed by atoms with Gasteiger partial charge in [-0.25, -0.2) is 14.8 Å². The maximum absolute atomic E-state index is 11.2. The number of rotatable bonds is 5.